The van der Waals surface area contributed by atoms with E-state index in [1.54, 1.807) is 4.57 Å². The van der Waals surface area contributed by atoms with Crippen molar-refractivity contribution in [3.05, 3.63) is 45.9 Å². The molecule has 3 aromatic rings. The first kappa shape index (κ1) is 30.5. The summed E-state index contributed by atoms with van der Waals surface area (Å²) in [7, 11) is 1.40. The van der Waals surface area contributed by atoms with Gasteiger partial charge in [-0.1, -0.05) is 37.6 Å². The zero-order chi connectivity index (χ0) is 29.2. The van der Waals surface area contributed by atoms with Crippen molar-refractivity contribution in [2.75, 3.05) is 52.2 Å². The van der Waals surface area contributed by atoms with Gasteiger partial charge in [0.15, 0.2) is 11.5 Å². The number of esters is 1. The lowest BCUT2D eigenvalue weighted by Gasteiger charge is -2.38. The zero-order valence-corrected chi connectivity index (χ0v) is 24.2. The number of unbranched alkanes of at least 4 members (excludes halogenated alkanes) is 1. The summed E-state index contributed by atoms with van der Waals surface area (Å²) in [5, 5.41) is 9.35. The molecule has 1 aliphatic heterocycles. The minimum atomic E-state index is -0.272. The summed E-state index contributed by atoms with van der Waals surface area (Å²) in [6, 6.07) is 8.61. The van der Waals surface area contributed by atoms with Crippen molar-refractivity contribution >= 4 is 23.0 Å². The minimum absolute atomic E-state index is 0.167. The fraction of sp³-hybridized carbons (Fsp3) is 0.586. The number of anilines is 1. The molecule has 0 saturated carbocycles. The van der Waals surface area contributed by atoms with Gasteiger partial charge >= 0.3 is 17.7 Å². The first-order valence-electron chi connectivity index (χ1n) is 14.5. The lowest BCUT2D eigenvalue weighted by atomic mass is 10.0. The number of nitrogens with two attached hydrogens (primary N) is 1. The Kier molecular flexibility index (Phi) is 11.1. The number of aromatic amines is 1. The summed E-state index contributed by atoms with van der Waals surface area (Å²) in [5.41, 5.74) is 8.77. The Hall–Kier alpha value is -3.48. The predicted octanol–water partition coefficient (Wildman–Crippen LogP) is 1.95. The Morgan fingerprint density at radius 2 is 1.98 bits per heavy atom. The van der Waals surface area contributed by atoms with Crippen LogP contribution in [0, 0.1) is 0 Å². The molecule has 12 nitrogen and oxygen atoms in total. The second-order valence-electron chi connectivity index (χ2n) is 10.6. The average Bonchev–Trinajstić information content (AvgIpc) is 3.29. The maximum absolute atomic E-state index is 12.8. The average molecular weight is 570 g/mol. The van der Waals surface area contributed by atoms with Crippen molar-refractivity contribution in [3.63, 3.8) is 0 Å². The van der Waals surface area contributed by atoms with Crippen molar-refractivity contribution in [1.82, 2.24) is 29.3 Å². The Morgan fingerprint density at radius 3 is 2.71 bits per heavy atom. The number of H-pyrrole nitrogens is 1. The first-order chi connectivity index (χ1) is 19.9. The number of benzene rings is 1. The Balaban J connectivity index is 1.48. The standard InChI is InChI=1S/C29H43N7O5/c1-3-4-17-41-28-32-26(30)25-27(33-28)36(29(39)31-25)12-6-11-35(23-9-13-34(14-10-23)15-16-37)20-22-8-5-7-21(18-22)19-24(38)40-2/h5,7-8,18,23,37H,3-4,6,9-17,19-20H2,1-2H3,(H,31,39)(H2,30,32,33). The number of aryl methyl sites for hydroxylation is 1. The Labute approximate surface area is 240 Å². The van der Waals surface area contributed by atoms with E-state index >= 15 is 0 Å². The van der Waals surface area contributed by atoms with Gasteiger partial charge in [-0.15, -0.1) is 0 Å². The van der Waals surface area contributed by atoms with Crippen LogP contribution in [-0.2, 0) is 29.0 Å². The van der Waals surface area contributed by atoms with Crippen molar-refractivity contribution in [1.29, 1.82) is 0 Å². The van der Waals surface area contributed by atoms with Crippen LogP contribution in [0.2, 0.25) is 0 Å². The van der Waals surface area contributed by atoms with E-state index in [9.17, 15) is 14.7 Å². The molecule has 1 saturated heterocycles. The lowest BCUT2D eigenvalue weighted by molar-refractivity contribution is -0.139. The van der Waals surface area contributed by atoms with Gasteiger partial charge in [0.05, 0.1) is 26.7 Å². The largest absolute Gasteiger partial charge is 0.469 e. The van der Waals surface area contributed by atoms with Crippen molar-refractivity contribution in [2.24, 2.45) is 0 Å². The topological polar surface area (TPSA) is 152 Å². The van der Waals surface area contributed by atoms with Crippen LogP contribution in [0.4, 0.5) is 5.82 Å². The molecule has 224 valence electrons. The summed E-state index contributed by atoms with van der Waals surface area (Å²) < 4.78 is 12.1. The highest BCUT2D eigenvalue weighted by Crippen LogP contribution is 2.22. The van der Waals surface area contributed by atoms with Crippen LogP contribution in [0.1, 0.15) is 50.2 Å². The number of piperidine rings is 1. The monoisotopic (exact) mass is 569 g/mol. The summed E-state index contributed by atoms with van der Waals surface area (Å²) >= 11 is 0. The lowest BCUT2D eigenvalue weighted by Crippen LogP contribution is -2.45. The highest BCUT2D eigenvalue weighted by Gasteiger charge is 2.25. The molecule has 0 radical (unpaired) electrons. The second-order valence-corrected chi connectivity index (χ2v) is 10.6. The quantitative estimate of drug-likeness (QED) is 0.183. The summed E-state index contributed by atoms with van der Waals surface area (Å²) in [6.07, 6.45) is 4.82. The van der Waals surface area contributed by atoms with Gasteiger partial charge in [0, 0.05) is 32.2 Å². The van der Waals surface area contributed by atoms with E-state index in [-0.39, 0.29) is 36.5 Å². The number of aliphatic hydroxyl groups excluding tert-OH is 1. The molecule has 4 rings (SSSR count). The van der Waals surface area contributed by atoms with E-state index in [1.165, 1.54) is 7.11 Å². The number of β-amino-alcohol motifs (C(OH)–C–C–N with tert-alkyl or cyclic N) is 1. The van der Waals surface area contributed by atoms with Gasteiger partial charge in [0.25, 0.3) is 0 Å². The van der Waals surface area contributed by atoms with Gasteiger partial charge < -0.3 is 30.2 Å². The Bertz CT molecular complexity index is 1330. The number of rotatable bonds is 15. The van der Waals surface area contributed by atoms with Crippen molar-refractivity contribution in [2.45, 2.75) is 64.6 Å². The number of nitrogens with zero attached hydrogens (tertiary/aromatic N) is 5. The molecule has 0 amide bonds. The molecule has 0 bridgehead atoms. The molecule has 1 fully saturated rings. The van der Waals surface area contributed by atoms with Crippen LogP contribution in [-0.4, -0.2) is 92.9 Å². The molecular weight excluding hydrogens is 526 g/mol. The number of methoxy groups -OCH3 is 1. The fourth-order valence-corrected chi connectivity index (χ4v) is 5.39. The molecule has 0 aliphatic carbocycles. The van der Waals surface area contributed by atoms with E-state index in [0.29, 0.717) is 36.9 Å². The third-order valence-electron chi connectivity index (χ3n) is 7.63. The molecule has 1 aliphatic rings. The minimum Gasteiger partial charge on any atom is -0.469 e. The van der Waals surface area contributed by atoms with E-state index in [4.69, 9.17) is 15.2 Å². The normalized spacial score (nSPS) is 14.6. The predicted molar refractivity (Wildman–Crippen MR) is 157 cm³/mol. The zero-order valence-electron chi connectivity index (χ0n) is 24.2. The molecule has 4 N–H and O–H groups in total. The van der Waals surface area contributed by atoms with E-state index in [2.05, 4.69) is 43.8 Å². The smallest absolute Gasteiger partial charge is 0.327 e. The maximum atomic E-state index is 12.8. The second kappa shape index (κ2) is 14.9. The molecule has 0 spiro atoms. The summed E-state index contributed by atoms with van der Waals surface area (Å²) in [5.74, 6) is -0.0664. The number of carbonyl (C=O) groups is 1. The highest BCUT2D eigenvalue weighted by molar-refractivity contribution is 5.81. The van der Waals surface area contributed by atoms with E-state index < -0.39 is 0 Å². The van der Waals surface area contributed by atoms with Gasteiger partial charge in [-0.3, -0.25) is 14.3 Å². The molecular formula is C29H43N7O5. The number of hydrogen-bond acceptors (Lipinski definition) is 10. The molecule has 1 aromatic carbocycles. The SMILES string of the molecule is CCCCOc1nc(N)c2[nH]c(=O)n(CCCN(Cc3cccc(CC(=O)OC)c3)C3CCN(CCO)CC3)c2n1. The number of imidazole rings is 1. The van der Waals surface area contributed by atoms with Crippen LogP contribution < -0.4 is 16.2 Å². The number of aliphatic hydroxyl groups is 1. The molecule has 0 atom stereocenters. The maximum Gasteiger partial charge on any atom is 0.327 e. The molecule has 2 aromatic heterocycles. The van der Waals surface area contributed by atoms with Gasteiger partial charge in [-0.2, -0.15) is 9.97 Å². The molecule has 0 unspecified atom stereocenters. The van der Waals surface area contributed by atoms with Crippen LogP contribution >= 0.6 is 0 Å². The van der Waals surface area contributed by atoms with Crippen LogP contribution in [0.15, 0.2) is 29.1 Å². The van der Waals surface area contributed by atoms with Gasteiger partial charge in [0.1, 0.15) is 5.52 Å². The molecule has 12 heteroatoms. The van der Waals surface area contributed by atoms with E-state index in [0.717, 1.165) is 69.4 Å². The summed E-state index contributed by atoms with van der Waals surface area (Å²) in [4.78, 5) is 40.9. The number of likely N-dealkylation sites (tertiary alicyclic amines) is 1. The van der Waals surface area contributed by atoms with Crippen LogP contribution in [0.3, 0.4) is 0 Å². The third kappa shape index (κ3) is 8.27. The number of aromatic nitrogens is 4. The van der Waals surface area contributed by atoms with Crippen LogP contribution in [0.5, 0.6) is 6.01 Å². The molecule has 41 heavy (non-hydrogen) atoms. The number of nitrogen functional groups attached to an aromatic ring is 1. The third-order valence-corrected chi connectivity index (χ3v) is 7.63. The first-order valence-corrected chi connectivity index (χ1v) is 14.5. The number of fused-ring (bicyclic) bond motifs is 1. The number of hydrogen-bond donors (Lipinski definition) is 3. The molecule has 3 heterocycles. The number of ether oxygens (including phenoxy) is 2. The van der Waals surface area contributed by atoms with Crippen LogP contribution in [0.25, 0.3) is 11.2 Å². The Morgan fingerprint density at radius 1 is 1.20 bits per heavy atom. The van der Waals surface area contributed by atoms with Crippen molar-refractivity contribution in [3.8, 4) is 6.01 Å². The van der Waals surface area contributed by atoms with Gasteiger partial charge in [-0.05, 0) is 49.9 Å². The summed E-state index contributed by atoms with van der Waals surface area (Å²) in [6.45, 7) is 7.26. The highest BCUT2D eigenvalue weighted by atomic mass is 16.5. The van der Waals surface area contributed by atoms with Gasteiger partial charge in [-0.25, -0.2) is 4.79 Å². The van der Waals surface area contributed by atoms with Gasteiger partial charge in [0.2, 0.25) is 0 Å². The fourth-order valence-electron chi connectivity index (χ4n) is 5.39. The number of nitrogens with one attached hydrogen (secondary N) is 1. The van der Waals surface area contributed by atoms with E-state index in [1.807, 2.05) is 12.1 Å². The number of carbonyl (C=O) groups excluding carboxylic acids is 1. The van der Waals surface area contributed by atoms with Crippen molar-refractivity contribution < 1.29 is 19.4 Å².